The minimum absolute atomic E-state index is 0.102. The van der Waals surface area contributed by atoms with Gasteiger partial charge in [0, 0.05) is 18.7 Å². The van der Waals surface area contributed by atoms with Crippen LogP contribution in [0.2, 0.25) is 0 Å². The van der Waals surface area contributed by atoms with Crippen molar-refractivity contribution >= 4 is 11.6 Å². The van der Waals surface area contributed by atoms with Crippen LogP contribution >= 0.6 is 0 Å². The van der Waals surface area contributed by atoms with Crippen molar-refractivity contribution in [1.29, 1.82) is 0 Å². The summed E-state index contributed by atoms with van der Waals surface area (Å²) < 4.78 is 0. The Hall–Kier alpha value is -1.40. The van der Waals surface area contributed by atoms with E-state index in [1.54, 1.807) is 0 Å². The highest BCUT2D eigenvalue weighted by Gasteiger charge is 2.18. The van der Waals surface area contributed by atoms with Gasteiger partial charge in [-0.3, -0.25) is 0 Å². The summed E-state index contributed by atoms with van der Waals surface area (Å²) in [6, 6.07) is 0. The molecule has 0 aliphatic rings. The zero-order valence-electron chi connectivity index (χ0n) is 12.2. The van der Waals surface area contributed by atoms with Crippen LogP contribution in [0.25, 0.3) is 0 Å². The van der Waals surface area contributed by atoms with Gasteiger partial charge in [-0.05, 0) is 32.1 Å². The zero-order valence-corrected chi connectivity index (χ0v) is 12.2. The summed E-state index contributed by atoms with van der Waals surface area (Å²) in [5.41, 5.74) is 3.59. The number of hydrogen-bond acceptors (Lipinski definition) is 6. The molecule has 1 aromatic rings. The number of rotatable bonds is 7. The summed E-state index contributed by atoms with van der Waals surface area (Å²) in [6.45, 7) is 9.12. The van der Waals surface area contributed by atoms with Gasteiger partial charge in [0.15, 0.2) is 0 Å². The van der Waals surface area contributed by atoms with E-state index in [0.29, 0.717) is 11.6 Å². The van der Waals surface area contributed by atoms with Gasteiger partial charge in [-0.2, -0.15) is 0 Å². The fourth-order valence-electron chi connectivity index (χ4n) is 1.91. The SMILES string of the molecule is Cc1nc(NN)c(C)c(NCC(C)(C)CCCO)n1. The summed E-state index contributed by atoms with van der Waals surface area (Å²) in [5, 5.41) is 12.2. The van der Waals surface area contributed by atoms with E-state index in [2.05, 4.69) is 34.6 Å². The Labute approximate surface area is 114 Å². The van der Waals surface area contributed by atoms with Crippen molar-refractivity contribution in [2.75, 3.05) is 23.9 Å². The van der Waals surface area contributed by atoms with Gasteiger partial charge in [-0.25, -0.2) is 15.8 Å². The largest absolute Gasteiger partial charge is 0.396 e. The van der Waals surface area contributed by atoms with Crippen LogP contribution in [0.3, 0.4) is 0 Å². The van der Waals surface area contributed by atoms with E-state index in [1.165, 1.54) is 0 Å². The van der Waals surface area contributed by atoms with Gasteiger partial charge in [0.25, 0.3) is 0 Å². The molecule has 1 rings (SSSR count). The van der Waals surface area contributed by atoms with Crippen LogP contribution < -0.4 is 16.6 Å². The highest BCUT2D eigenvalue weighted by Crippen LogP contribution is 2.25. The Morgan fingerprint density at radius 1 is 1.21 bits per heavy atom. The number of hydrogen-bond donors (Lipinski definition) is 4. The quantitative estimate of drug-likeness (QED) is 0.442. The van der Waals surface area contributed by atoms with E-state index in [1.807, 2.05) is 13.8 Å². The molecule has 0 amide bonds. The number of nitrogens with one attached hydrogen (secondary N) is 2. The Morgan fingerprint density at radius 2 is 1.84 bits per heavy atom. The molecular weight excluding hydrogens is 242 g/mol. The summed E-state index contributed by atoms with van der Waals surface area (Å²) >= 11 is 0. The van der Waals surface area contributed by atoms with Crippen LogP contribution in [0.5, 0.6) is 0 Å². The summed E-state index contributed by atoms with van der Waals surface area (Å²) in [7, 11) is 0. The number of aliphatic hydroxyl groups is 1. The monoisotopic (exact) mass is 267 g/mol. The van der Waals surface area contributed by atoms with E-state index in [-0.39, 0.29) is 12.0 Å². The topological polar surface area (TPSA) is 96.1 Å². The van der Waals surface area contributed by atoms with Gasteiger partial charge < -0.3 is 15.8 Å². The van der Waals surface area contributed by atoms with E-state index in [9.17, 15) is 0 Å². The fourth-order valence-corrected chi connectivity index (χ4v) is 1.91. The molecular formula is C13H25N5O. The van der Waals surface area contributed by atoms with Crippen molar-refractivity contribution in [2.45, 2.75) is 40.5 Å². The van der Waals surface area contributed by atoms with Crippen molar-refractivity contribution in [3.8, 4) is 0 Å². The standard InChI is InChI=1S/C13H25N5O/c1-9-11(16-10(2)17-12(9)18-14)15-8-13(3,4)6-5-7-19/h19H,5-8,14H2,1-4H3,(H2,15,16,17,18). The average Bonchev–Trinajstić information content (AvgIpc) is 2.37. The van der Waals surface area contributed by atoms with E-state index < -0.39 is 0 Å². The lowest BCUT2D eigenvalue weighted by molar-refractivity contribution is 0.248. The van der Waals surface area contributed by atoms with Crippen LogP contribution in [0, 0.1) is 19.3 Å². The highest BCUT2D eigenvalue weighted by atomic mass is 16.2. The minimum Gasteiger partial charge on any atom is -0.396 e. The summed E-state index contributed by atoms with van der Waals surface area (Å²) in [4.78, 5) is 8.62. The minimum atomic E-state index is 0.102. The lowest BCUT2D eigenvalue weighted by Crippen LogP contribution is -2.25. The van der Waals surface area contributed by atoms with Gasteiger partial charge in [-0.15, -0.1) is 0 Å². The molecule has 0 saturated heterocycles. The Kier molecular flexibility index (Phi) is 5.50. The van der Waals surface area contributed by atoms with Crippen molar-refractivity contribution in [3.63, 3.8) is 0 Å². The number of aryl methyl sites for hydroxylation is 1. The smallest absolute Gasteiger partial charge is 0.148 e. The van der Waals surface area contributed by atoms with Crippen molar-refractivity contribution < 1.29 is 5.11 Å². The second-order valence-electron chi connectivity index (χ2n) is 5.58. The molecule has 0 spiro atoms. The molecule has 0 fully saturated rings. The molecule has 0 aromatic carbocycles. The van der Waals surface area contributed by atoms with Crippen molar-refractivity contribution in [1.82, 2.24) is 9.97 Å². The number of nitrogens with two attached hydrogens (primary N) is 1. The molecule has 6 nitrogen and oxygen atoms in total. The predicted octanol–water partition coefficient (Wildman–Crippen LogP) is 1.59. The molecule has 19 heavy (non-hydrogen) atoms. The third-order valence-corrected chi connectivity index (χ3v) is 3.14. The van der Waals surface area contributed by atoms with Gasteiger partial charge >= 0.3 is 0 Å². The highest BCUT2D eigenvalue weighted by molar-refractivity contribution is 5.56. The predicted molar refractivity (Wildman–Crippen MR) is 77.9 cm³/mol. The molecule has 5 N–H and O–H groups in total. The van der Waals surface area contributed by atoms with E-state index >= 15 is 0 Å². The fraction of sp³-hybridized carbons (Fsp3) is 0.692. The van der Waals surface area contributed by atoms with Crippen molar-refractivity contribution in [2.24, 2.45) is 11.3 Å². The second kappa shape index (κ2) is 6.68. The van der Waals surface area contributed by atoms with Gasteiger partial charge in [0.05, 0.1) is 0 Å². The number of nitrogens with zero attached hydrogens (tertiary/aromatic N) is 2. The van der Waals surface area contributed by atoms with Crippen LogP contribution in [-0.4, -0.2) is 28.2 Å². The molecule has 0 atom stereocenters. The molecule has 0 aliphatic heterocycles. The van der Waals surface area contributed by atoms with Crippen LogP contribution in [0.4, 0.5) is 11.6 Å². The van der Waals surface area contributed by atoms with Gasteiger partial charge in [0.2, 0.25) is 0 Å². The van der Waals surface area contributed by atoms with E-state index in [4.69, 9.17) is 10.9 Å². The molecule has 0 unspecified atom stereocenters. The Bertz CT molecular complexity index is 420. The summed E-state index contributed by atoms with van der Waals surface area (Å²) in [5.74, 6) is 7.56. The maximum Gasteiger partial charge on any atom is 0.148 e. The zero-order chi connectivity index (χ0) is 14.5. The van der Waals surface area contributed by atoms with Gasteiger partial charge in [0.1, 0.15) is 17.5 Å². The number of hydrazine groups is 1. The maximum absolute atomic E-state index is 8.90. The molecule has 108 valence electrons. The average molecular weight is 267 g/mol. The molecule has 0 saturated carbocycles. The summed E-state index contributed by atoms with van der Waals surface area (Å²) in [6.07, 6.45) is 1.77. The first kappa shape index (κ1) is 15.7. The number of aliphatic hydroxyl groups excluding tert-OH is 1. The number of aromatic nitrogens is 2. The molecule has 1 heterocycles. The molecule has 6 heteroatoms. The lowest BCUT2D eigenvalue weighted by Gasteiger charge is -2.25. The Balaban J connectivity index is 2.74. The molecule has 0 bridgehead atoms. The van der Waals surface area contributed by atoms with E-state index in [0.717, 1.165) is 30.8 Å². The maximum atomic E-state index is 8.90. The van der Waals surface area contributed by atoms with Crippen molar-refractivity contribution in [3.05, 3.63) is 11.4 Å². The molecule has 1 aromatic heterocycles. The third kappa shape index (κ3) is 4.65. The van der Waals surface area contributed by atoms with Gasteiger partial charge in [-0.1, -0.05) is 13.8 Å². The molecule has 0 aliphatic carbocycles. The first-order chi connectivity index (χ1) is 8.89. The second-order valence-corrected chi connectivity index (χ2v) is 5.58. The van der Waals surface area contributed by atoms with Crippen LogP contribution in [0.15, 0.2) is 0 Å². The lowest BCUT2D eigenvalue weighted by atomic mass is 9.88. The number of anilines is 2. The first-order valence-corrected chi connectivity index (χ1v) is 6.56. The number of nitrogen functional groups attached to an aromatic ring is 1. The Morgan fingerprint density at radius 3 is 2.42 bits per heavy atom. The normalized spacial score (nSPS) is 11.5. The van der Waals surface area contributed by atoms with Crippen LogP contribution in [0.1, 0.15) is 38.1 Å². The first-order valence-electron chi connectivity index (χ1n) is 6.56. The third-order valence-electron chi connectivity index (χ3n) is 3.14. The van der Waals surface area contributed by atoms with Crippen LogP contribution in [-0.2, 0) is 0 Å². The molecule has 0 radical (unpaired) electrons.